The van der Waals surface area contributed by atoms with Crippen LogP contribution < -0.4 is 5.32 Å². The van der Waals surface area contributed by atoms with Crippen LogP contribution in [-0.2, 0) is 23.4 Å². The molecule has 0 spiro atoms. The van der Waals surface area contributed by atoms with Gasteiger partial charge in [-0.15, -0.1) is 0 Å². The number of rotatable bonds is 5. The maximum Gasteiger partial charge on any atom is 0.267 e. The van der Waals surface area contributed by atoms with Crippen molar-refractivity contribution in [3.05, 3.63) is 84.4 Å². The SMILES string of the molecule is Cn1cc2ccc(S(=O)(=O)c3ccc(CNC(=O)c4cc5cnccc5[nH]4)cc3)cc2n1. The van der Waals surface area contributed by atoms with Gasteiger partial charge in [0, 0.05) is 48.5 Å². The highest BCUT2D eigenvalue weighted by Gasteiger charge is 2.19. The Morgan fingerprint density at radius 3 is 2.59 bits per heavy atom. The third kappa shape index (κ3) is 3.63. The number of pyridine rings is 1. The molecule has 2 aromatic carbocycles. The van der Waals surface area contributed by atoms with E-state index in [1.165, 1.54) is 0 Å². The number of hydrogen-bond donors (Lipinski definition) is 2. The number of nitrogens with one attached hydrogen (secondary N) is 2. The number of hydrogen-bond acceptors (Lipinski definition) is 5. The molecule has 0 aliphatic rings. The summed E-state index contributed by atoms with van der Waals surface area (Å²) in [6.45, 7) is 0.271. The molecule has 2 N–H and O–H groups in total. The van der Waals surface area contributed by atoms with Gasteiger partial charge >= 0.3 is 0 Å². The second-order valence-electron chi connectivity index (χ2n) is 7.50. The molecular weight excluding hydrogens is 426 g/mol. The van der Waals surface area contributed by atoms with E-state index in [1.807, 2.05) is 6.20 Å². The molecule has 1 amide bonds. The molecule has 0 saturated heterocycles. The highest BCUT2D eigenvalue weighted by molar-refractivity contribution is 7.91. The lowest BCUT2D eigenvalue weighted by molar-refractivity contribution is 0.0946. The largest absolute Gasteiger partial charge is 0.350 e. The number of aromatic amines is 1. The van der Waals surface area contributed by atoms with Crippen molar-refractivity contribution in [2.75, 3.05) is 0 Å². The van der Waals surface area contributed by atoms with Gasteiger partial charge in [-0.2, -0.15) is 5.10 Å². The number of aromatic nitrogens is 4. The summed E-state index contributed by atoms with van der Waals surface area (Å²) in [5.74, 6) is -0.249. The number of sulfone groups is 1. The van der Waals surface area contributed by atoms with Crippen molar-refractivity contribution in [2.45, 2.75) is 16.3 Å². The van der Waals surface area contributed by atoms with E-state index in [4.69, 9.17) is 0 Å². The quantitative estimate of drug-likeness (QED) is 0.432. The number of fused-ring (bicyclic) bond motifs is 2. The molecule has 0 atom stereocenters. The first-order valence-corrected chi connectivity index (χ1v) is 11.4. The molecule has 3 aromatic heterocycles. The molecule has 5 aromatic rings. The summed E-state index contributed by atoms with van der Waals surface area (Å²) in [7, 11) is -1.88. The highest BCUT2D eigenvalue weighted by atomic mass is 32.2. The molecule has 0 saturated carbocycles. The molecule has 0 radical (unpaired) electrons. The summed E-state index contributed by atoms with van der Waals surface area (Å²) in [5, 5.41) is 8.85. The molecule has 3 heterocycles. The number of benzene rings is 2. The predicted octanol–water partition coefficient (Wildman–Crippen LogP) is 3.21. The van der Waals surface area contributed by atoms with Crippen molar-refractivity contribution in [3.8, 4) is 0 Å². The smallest absolute Gasteiger partial charge is 0.267 e. The molecule has 0 unspecified atom stereocenters. The monoisotopic (exact) mass is 445 g/mol. The summed E-state index contributed by atoms with van der Waals surface area (Å²) in [5.41, 5.74) is 2.69. The lowest BCUT2D eigenvalue weighted by Gasteiger charge is -2.07. The Bertz CT molecular complexity index is 1530. The zero-order valence-electron chi connectivity index (χ0n) is 17.1. The van der Waals surface area contributed by atoms with Crippen molar-refractivity contribution >= 4 is 37.6 Å². The van der Waals surface area contributed by atoms with Crippen LogP contribution in [0.1, 0.15) is 16.1 Å². The lowest BCUT2D eigenvalue weighted by atomic mass is 10.2. The van der Waals surface area contributed by atoms with E-state index in [0.717, 1.165) is 21.9 Å². The van der Waals surface area contributed by atoms with Crippen LogP contribution in [0.4, 0.5) is 0 Å². The van der Waals surface area contributed by atoms with Crippen LogP contribution in [0.15, 0.2) is 83.0 Å². The highest BCUT2D eigenvalue weighted by Crippen LogP contribution is 2.24. The van der Waals surface area contributed by atoms with Gasteiger partial charge in [-0.05, 0) is 48.0 Å². The average molecular weight is 446 g/mol. The fraction of sp³-hybridized carbons (Fsp3) is 0.0870. The summed E-state index contributed by atoms with van der Waals surface area (Å²) in [6.07, 6.45) is 5.18. The van der Waals surface area contributed by atoms with E-state index in [9.17, 15) is 13.2 Å². The predicted molar refractivity (Wildman–Crippen MR) is 120 cm³/mol. The Kier molecular flexibility index (Phi) is 4.75. The second kappa shape index (κ2) is 7.61. The molecule has 8 nitrogen and oxygen atoms in total. The Hall–Kier alpha value is -3.98. The topological polar surface area (TPSA) is 110 Å². The second-order valence-corrected chi connectivity index (χ2v) is 9.45. The molecule has 32 heavy (non-hydrogen) atoms. The maximum atomic E-state index is 13.0. The van der Waals surface area contributed by atoms with Gasteiger partial charge in [0.25, 0.3) is 5.91 Å². The van der Waals surface area contributed by atoms with Gasteiger partial charge in [-0.3, -0.25) is 14.5 Å². The van der Waals surface area contributed by atoms with Gasteiger partial charge < -0.3 is 10.3 Å². The molecule has 5 rings (SSSR count). The summed E-state index contributed by atoms with van der Waals surface area (Å²) >= 11 is 0. The van der Waals surface area contributed by atoms with Crippen LogP contribution in [0.3, 0.4) is 0 Å². The van der Waals surface area contributed by atoms with Crippen LogP contribution in [0, 0.1) is 0 Å². The average Bonchev–Trinajstić information content (AvgIpc) is 3.39. The molecular formula is C23H19N5O3S. The van der Waals surface area contributed by atoms with Crippen LogP contribution in [0.5, 0.6) is 0 Å². The van der Waals surface area contributed by atoms with Crippen LogP contribution in [0.25, 0.3) is 21.8 Å². The van der Waals surface area contributed by atoms with Gasteiger partial charge in [0.15, 0.2) is 0 Å². The minimum Gasteiger partial charge on any atom is -0.350 e. The van der Waals surface area contributed by atoms with E-state index in [1.54, 1.807) is 78.7 Å². The van der Waals surface area contributed by atoms with E-state index < -0.39 is 9.84 Å². The van der Waals surface area contributed by atoms with Crippen molar-refractivity contribution in [2.24, 2.45) is 7.05 Å². The lowest BCUT2D eigenvalue weighted by Crippen LogP contribution is -2.23. The molecule has 0 aliphatic heterocycles. The molecule has 0 fully saturated rings. The van der Waals surface area contributed by atoms with Gasteiger partial charge in [-0.1, -0.05) is 12.1 Å². The van der Waals surface area contributed by atoms with Crippen LogP contribution in [0.2, 0.25) is 0 Å². The summed E-state index contributed by atoms with van der Waals surface area (Å²) in [6, 6.07) is 14.9. The fourth-order valence-corrected chi connectivity index (χ4v) is 4.86. The molecule has 160 valence electrons. The third-order valence-corrected chi connectivity index (χ3v) is 7.02. The van der Waals surface area contributed by atoms with Crippen LogP contribution in [-0.4, -0.2) is 34.1 Å². The van der Waals surface area contributed by atoms with Gasteiger partial charge in [0.05, 0.1) is 15.3 Å². The van der Waals surface area contributed by atoms with Gasteiger partial charge in [0.2, 0.25) is 9.84 Å². The van der Waals surface area contributed by atoms with Crippen LogP contribution >= 0.6 is 0 Å². The van der Waals surface area contributed by atoms with E-state index in [-0.39, 0.29) is 22.2 Å². The van der Waals surface area contributed by atoms with Crippen molar-refractivity contribution in [1.29, 1.82) is 0 Å². The van der Waals surface area contributed by atoms with Crippen molar-refractivity contribution in [1.82, 2.24) is 25.1 Å². The van der Waals surface area contributed by atoms with Gasteiger partial charge in [-0.25, -0.2) is 8.42 Å². The number of amides is 1. The van der Waals surface area contributed by atoms with Crippen molar-refractivity contribution < 1.29 is 13.2 Å². The standard InChI is InChI=1S/C23H19N5O3S/c1-28-14-16-4-7-19(11-21(16)27-28)32(30,31)18-5-2-15(3-6-18)12-25-23(29)22-10-17-13-24-9-8-20(17)26-22/h2-11,13-14,26H,12H2,1H3,(H,25,29). The number of carbonyl (C=O) groups is 1. The number of carbonyl (C=O) groups excluding carboxylic acids is 1. The fourth-order valence-electron chi connectivity index (χ4n) is 3.58. The van der Waals surface area contributed by atoms with Gasteiger partial charge in [0.1, 0.15) is 5.69 Å². The summed E-state index contributed by atoms with van der Waals surface area (Å²) in [4.78, 5) is 19.9. The normalized spacial score (nSPS) is 11.8. The van der Waals surface area contributed by atoms with Crippen molar-refractivity contribution in [3.63, 3.8) is 0 Å². The first-order chi connectivity index (χ1) is 15.4. The Morgan fingerprint density at radius 1 is 1.03 bits per heavy atom. The first kappa shape index (κ1) is 20.0. The van der Waals surface area contributed by atoms with E-state index in [0.29, 0.717) is 11.2 Å². The Labute approximate surface area is 183 Å². The molecule has 0 aliphatic carbocycles. The minimum atomic E-state index is -3.67. The third-order valence-electron chi connectivity index (χ3n) is 5.26. The van der Waals surface area contributed by atoms with E-state index >= 15 is 0 Å². The Morgan fingerprint density at radius 2 is 1.81 bits per heavy atom. The number of aryl methyl sites for hydroxylation is 1. The zero-order valence-corrected chi connectivity index (χ0v) is 17.9. The molecule has 0 bridgehead atoms. The van der Waals surface area contributed by atoms with E-state index in [2.05, 4.69) is 20.4 Å². The minimum absolute atomic E-state index is 0.186. The Balaban J connectivity index is 1.31. The molecule has 9 heteroatoms. The number of H-pyrrole nitrogens is 1. The maximum absolute atomic E-state index is 13.0. The first-order valence-electron chi connectivity index (χ1n) is 9.88. The number of nitrogens with zero attached hydrogens (tertiary/aromatic N) is 3. The zero-order chi connectivity index (χ0) is 22.3. The summed E-state index contributed by atoms with van der Waals surface area (Å²) < 4.78 is 27.7.